The monoisotopic (exact) mass is 288 g/mol. The molecule has 0 radical (unpaired) electrons. The van der Waals surface area contributed by atoms with E-state index in [0.29, 0.717) is 0 Å². The zero-order valence-corrected chi connectivity index (χ0v) is 10.2. The molecular weight excluding hydrogens is 279 g/mol. The van der Waals surface area contributed by atoms with Gasteiger partial charge in [0.1, 0.15) is 0 Å². The number of Topliss-reactive ketones (excluding diaryl/α,β-unsaturated/α-hetero) is 1. The van der Waals surface area contributed by atoms with Crippen molar-refractivity contribution in [3.8, 4) is 0 Å². The lowest BCUT2D eigenvalue weighted by molar-refractivity contribution is -0.119. The second kappa shape index (κ2) is 3.51. The quantitative estimate of drug-likeness (QED) is 0.740. The molecule has 0 aromatic heterocycles. The minimum absolute atomic E-state index is 0.139. The molecule has 13 heavy (non-hydrogen) atoms. The van der Waals surface area contributed by atoms with Crippen molar-refractivity contribution in [1.29, 1.82) is 0 Å². The molecule has 0 aliphatic heterocycles. The Morgan fingerprint density at radius 2 is 2.08 bits per heavy atom. The normalized spacial score (nSPS) is 22.4. The highest BCUT2D eigenvalue weighted by atomic mass is 79.9. The topological polar surface area (TPSA) is 51.2 Å². The van der Waals surface area contributed by atoms with Gasteiger partial charge in [-0.25, -0.2) is 8.42 Å². The zero-order chi connectivity index (χ0) is 10.3. The molecule has 1 aliphatic carbocycles. The average molecular weight is 290 g/mol. The van der Waals surface area contributed by atoms with E-state index in [9.17, 15) is 13.2 Å². The van der Waals surface area contributed by atoms with Crippen molar-refractivity contribution in [3.63, 3.8) is 0 Å². The summed E-state index contributed by atoms with van der Waals surface area (Å²) >= 11 is 8.49. The van der Waals surface area contributed by atoms with Crippen molar-refractivity contribution in [2.45, 2.75) is 22.9 Å². The van der Waals surface area contributed by atoms with Crippen LogP contribution in [0.1, 0.15) is 19.8 Å². The second-order valence-corrected chi connectivity index (χ2v) is 8.44. The van der Waals surface area contributed by atoms with Crippen LogP contribution >= 0.6 is 27.5 Å². The maximum atomic E-state index is 11.5. The molecule has 6 heteroatoms. The van der Waals surface area contributed by atoms with Gasteiger partial charge in [-0.3, -0.25) is 4.79 Å². The van der Waals surface area contributed by atoms with Gasteiger partial charge in [-0.05, 0) is 28.8 Å². The Bertz CT molecular complexity index is 319. The maximum absolute atomic E-state index is 11.5. The van der Waals surface area contributed by atoms with E-state index in [4.69, 9.17) is 11.6 Å². The SMILES string of the molecule is CCS(=O)(=O)[C@@](Cl)(Br)C(=O)C1CC1. The van der Waals surface area contributed by atoms with Crippen LogP contribution in [0, 0.1) is 5.92 Å². The van der Waals surface area contributed by atoms with Gasteiger partial charge in [0.15, 0.2) is 15.6 Å². The summed E-state index contributed by atoms with van der Waals surface area (Å²) < 4.78 is 20.9. The second-order valence-electron chi connectivity index (χ2n) is 3.06. The minimum Gasteiger partial charge on any atom is -0.295 e. The predicted octanol–water partition coefficient (Wildman–Crippen LogP) is 1.69. The molecular formula is C7H10BrClO3S. The molecule has 1 atom stereocenters. The van der Waals surface area contributed by atoms with Gasteiger partial charge in [-0.2, -0.15) is 0 Å². The molecule has 0 heterocycles. The van der Waals surface area contributed by atoms with Gasteiger partial charge >= 0.3 is 0 Å². The number of halogens is 2. The van der Waals surface area contributed by atoms with E-state index in [1.54, 1.807) is 0 Å². The molecule has 1 aliphatic rings. The van der Waals surface area contributed by atoms with Crippen LogP contribution in [0.15, 0.2) is 0 Å². The molecule has 0 unspecified atom stereocenters. The fraction of sp³-hybridized carbons (Fsp3) is 0.857. The maximum Gasteiger partial charge on any atom is 0.257 e. The summed E-state index contributed by atoms with van der Waals surface area (Å²) in [6, 6.07) is 0. The highest BCUT2D eigenvalue weighted by Crippen LogP contribution is 2.42. The third-order valence-corrected chi connectivity index (χ3v) is 6.51. The standard InChI is InChI=1S/C7H10BrClO3S/c1-2-13(11,12)7(8,9)6(10)5-3-4-5/h5H,2-4H2,1H3/t7-/m1/s1. The molecule has 0 N–H and O–H groups in total. The molecule has 1 rings (SSSR count). The summed E-state index contributed by atoms with van der Waals surface area (Å²) in [5.41, 5.74) is 0. The van der Waals surface area contributed by atoms with Gasteiger partial charge < -0.3 is 0 Å². The molecule has 0 aromatic rings. The first-order valence-electron chi connectivity index (χ1n) is 3.97. The Morgan fingerprint density at radius 1 is 1.62 bits per heavy atom. The van der Waals surface area contributed by atoms with Gasteiger partial charge in [0.2, 0.25) is 0 Å². The van der Waals surface area contributed by atoms with Crippen molar-refractivity contribution in [1.82, 2.24) is 0 Å². The van der Waals surface area contributed by atoms with Gasteiger partial charge in [-0.15, -0.1) is 0 Å². The lowest BCUT2D eigenvalue weighted by Crippen LogP contribution is -2.37. The number of sulfone groups is 1. The summed E-state index contributed by atoms with van der Waals surface area (Å²) in [7, 11) is -3.57. The lowest BCUT2D eigenvalue weighted by atomic mass is 10.3. The molecule has 0 amide bonds. The first-order chi connectivity index (χ1) is 5.83. The smallest absolute Gasteiger partial charge is 0.257 e. The molecule has 76 valence electrons. The van der Waals surface area contributed by atoms with Crippen molar-refractivity contribution in [2.24, 2.45) is 5.92 Å². The highest BCUT2D eigenvalue weighted by Gasteiger charge is 2.51. The molecule has 1 saturated carbocycles. The van der Waals surface area contributed by atoms with Gasteiger partial charge in [0.25, 0.3) is 3.12 Å². The van der Waals surface area contributed by atoms with E-state index in [0.717, 1.165) is 12.8 Å². The van der Waals surface area contributed by atoms with Crippen LogP contribution in [0.25, 0.3) is 0 Å². The fourth-order valence-corrected chi connectivity index (χ4v) is 3.25. The van der Waals surface area contributed by atoms with Gasteiger partial charge in [0, 0.05) is 5.92 Å². The number of ketones is 1. The number of carbonyl (C=O) groups excluding carboxylic acids is 1. The van der Waals surface area contributed by atoms with Crippen LogP contribution in [0.4, 0.5) is 0 Å². The summed E-state index contributed by atoms with van der Waals surface area (Å²) in [6.45, 7) is 1.47. The van der Waals surface area contributed by atoms with Crippen LogP contribution in [-0.4, -0.2) is 23.1 Å². The number of hydrogen-bond donors (Lipinski definition) is 0. The van der Waals surface area contributed by atoms with E-state index in [-0.39, 0.29) is 11.7 Å². The van der Waals surface area contributed by atoms with E-state index in [2.05, 4.69) is 15.9 Å². The number of hydrogen-bond acceptors (Lipinski definition) is 3. The average Bonchev–Trinajstić information content (AvgIpc) is 2.85. The van der Waals surface area contributed by atoms with Crippen LogP contribution in [0.2, 0.25) is 0 Å². The fourth-order valence-electron chi connectivity index (χ4n) is 0.918. The van der Waals surface area contributed by atoms with E-state index in [1.165, 1.54) is 6.92 Å². The van der Waals surface area contributed by atoms with Crippen molar-refractivity contribution < 1.29 is 13.2 Å². The third kappa shape index (κ3) is 2.07. The van der Waals surface area contributed by atoms with Crippen LogP contribution in [-0.2, 0) is 14.6 Å². The van der Waals surface area contributed by atoms with E-state index >= 15 is 0 Å². The largest absolute Gasteiger partial charge is 0.295 e. The Morgan fingerprint density at radius 3 is 2.38 bits per heavy atom. The van der Waals surface area contributed by atoms with Crippen molar-refractivity contribution >= 4 is 43.2 Å². The Labute approximate surface area is 90.9 Å². The molecule has 0 aromatic carbocycles. The van der Waals surface area contributed by atoms with Gasteiger partial charge in [-0.1, -0.05) is 18.5 Å². The van der Waals surface area contributed by atoms with Gasteiger partial charge in [0.05, 0.1) is 5.75 Å². The van der Waals surface area contributed by atoms with Crippen molar-refractivity contribution in [3.05, 3.63) is 0 Å². The first kappa shape index (κ1) is 11.5. The number of carbonyl (C=O) groups is 1. The molecule has 0 bridgehead atoms. The third-order valence-electron chi connectivity index (χ3n) is 2.01. The summed E-state index contributed by atoms with van der Waals surface area (Å²) in [6.07, 6.45) is 1.50. The van der Waals surface area contributed by atoms with Crippen LogP contribution in [0.3, 0.4) is 0 Å². The molecule has 0 saturated heterocycles. The van der Waals surface area contributed by atoms with Crippen LogP contribution < -0.4 is 0 Å². The Kier molecular flexibility index (Phi) is 3.10. The van der Waals surface area contributed by atoms with E-state index < -0.39 is 18.7 Å². The minimum atomic E-state index is -3.57. The Hall–Kier alpha value is 0.390. The predicted molar refractivity (Wildman–Crippen MR) is 54.7 cm³/mol. The molecule has 0 spiro atoms. The van der Waals surface area contributed by atoms with Crippen molar-refractivity contribution in [2.75, 3.05) is 5.75 Å². The Balaban J connectivity index is 2.92. The number of rotatable bonds is 4. The van der Waals surface area contributed by atoms with E-state index in [1.807, 2.05) is 0 Å². The first-order valence-corrected chi connectivity index (χ1v) is 6.79. The molecule has 1 fully saturated rings. The number of alkyl halides is 2. The highest BCUT2D eigenvalue weighted by molar-refractivity contribution is 9.12. The van der Waals surface area contributed by atoms with Crippen LogP contribution in [0.5, 0.6) is 0 Å². The summed E-state index contributed by atoms with van der Waals surface area (Å²) in [4.78, 5) is 11.5. The summed E-state index contributed by atoms with van der Waals surface area (Å²) in [5.74, 6) is -0.727. The lowest BCUT2D eigenvalue weighted by Gasteiger charge is -2.17. The molecule has 3 nitrogen and oxygen atoms in total. The summed E-state index contributed by atoms with van der Waals surface area (Å²) in [5, 5.41) is 0. The zero-order valence-electron chi connectivity index (χ0n) is 7.09.